The van der Waals surface area contributed by atoms with Gasteiger partial charge < -0.3 is 4.74 Å². The van der Waals surface area contributed by atoms with Gasteiger partial charge in [0.05, 0.1) is 12.7 Å². The maximum atomic E-state index is 5.66. The zero-order chi connectivity index (χ0) is 12.3. The molecule has 0 bridgehead atoms. The molecule has 1 aliphatic rings. The molecule has 1 fully saturated rings. The summed E-state index contributed by atoms with van der Waals surface area (Å²) in [5, 5.41) is 0.927. The second-order valence-corrected chi connectivity index (χ2v) is 5.46. The zero-order valence-corrected chi connectivity index (χ0v) is 12.2. The van der Waals surface area contributed by atoms with Crippen LogP contribution in [-0.4, -0.2) is 36.0 Å². The van der Waals surface area contributed by atoms with Crippen molar-refractivity contribution in [2.75, 3.05) is 25.0 Å². The number of benzene rings is 1. The van der Waals surface area contributed by atoms with Crippen molar-refractivity contribution in [3.8, 4) is 0 Å². The van der Waals surface area contributed by atoms with Crippen LogP contribution in [0, 0.1) is 13.8 Å². The molecule has 1 aromatic carbocycles. The molecular weight excluding hydrogens is 278 g/mol. The lowest BCUT2D eigenvalue weighted by molar-refractivity contribution is -0.0181. The summed E-state index contributed by atoms with van der Waals surface area (Å²) in [6, 6.07) is 6.69. The standard InChI is InChI=1S/C14H20BrNO/c1-11-3-4-12(2)13(7-11)9-16-5-6-17-14(8-15)10-16/h3-4,7,14H,5-6,8-10H2,1-2H3. The van der Waals surface area contributed by atoms with Gasteiger partial charge in [-0.1, -0.05) is 39.7 Å². The fourth-order valence-corrected chi connectivity index (χ4v) is 2.62. The van der Waals surface area contributed by atoms with Gasteiger partial charge in [0.15, 0.2) is 0 Å². The van der Waals surface area contributed by atoms with Crippen LogP contribution < -0.4 is 0 Å². The molecule has 3 heteroatoms. The minimum absolute atomic E-state index is 0.342. The molecular formula is C14H20BrNO. The number of ether oxygens (including phenoxy) is 1. The monoisotopic (exact) mass is 297 g/mol. The minimum Gasteiger partial charge on any atom is -0.375 e. The Kier molecular flexibility index (Phi) is 4.60. The van der Waals surface area contributed by atoms with Crippen LogP contribution in [0.25, 0.3) is 0 Å². The molecule has 0 saturated carbocycles. The highest BCUT2D eigenvalue weighted by atomic mass is 79.9. The van der Waals surface area contributed by atoms with E-state index in [1.165, 1.54) is 16.7 Å². The SMILES string of the molecule is Cc1ccc(C)c(CN2CCOC(CBr)C2)c1. The molecule has 94 valence electrons. The van der Waals surface area contributed by atoms with Gasteiger partial charge in [-0.15, -0.1) is 0 Å². The Hall–Kier alpha value is -0.380. The molecule has 1 saturated heterocycles. The highest BCUT2D eigenvalue weighted by Crippen LogP contribution is 2.16. The molecule has 2 nitrogen and oxygen atoms in total. The van der Waals surface area contributed by atoms with E-state index in [4.69, 9.17) is 4.74 Å². The highest BCUT2D eigenvalue weighted by molar-refractivity contribution is 9.09. The number of alkyl halides is 1. The van der Waals surface area contributed by atoms with E-state index in [-0.39, 0.29) is 0 Å². The summed E-state index contributed by atoms with van der Waals surface area (Å²) in [5.74, 6) is 0. The van der Waals surface area contributed by atoms with Gasteiger partial charge in [0, 0.05) is 25.0 Å². The van der Waals surface area contributed by atoms with Gasteiger partial charge in [0.2, 0.25) is 0 Å². The first-order valence-corrected chi connectivity index (χ1v) is 7.27. The largest absolute Gasteiger partial charge is 0.375 e. The predicted molar refractivity (Wildman–Crippen MR) is 74.7 cm³/mol. The van der Waals surface area contributed by atoms with Crippen LogP contribution in [0.1, 0.15) is 16.7 Å². The van der Waals surface area contributed by atoms with E-state index >= 15 is 0 Å². The van der Waals surface area contributed by atoms with Crippen molar-refractivity contribution in [2.45, 2.75) is 26.5 Å². The topological polar surface area (TPSA) is 12.5 Å². The minimum atomic E-state index is 0.342. The summed E-state index contributed by atoms with van der Waals surface area (Å²) in [6.07, 6.45) is 0.342. The molecule has 17 heavy (non-hydrogen) atoms. The Morgan fingerprint density at radius 3 is 3.00 bits per heavy atom. The smallest absolute Gasteiger partial charge is 0.0799 e. The molecule has 1 unspecified atom stereocenters. The lowest BCUT2D eigenvalue weighted by Crippen LogP contribution is -2.42. The van der Waals surface area contributed by atoms with Gasteiger partial charge in [-0.2, -0.15) is 0 Å². The van der Waals surface area contributed by atoms with E-state index in [1.807, 2.05) is 0 Å². The molecule has 0 aromatic heterocycles. The fourth-order valence-electron chi connectivity index (χ4n) is 2.23. The van der Waals surface area contributed by atoms with Crippen LogP contribution in [-0.2, 0) is 11.3 Å². The second kappa shape index (κ2) is 5.98. The van der Waals surface area contributed by atoms with Crippen LogP contribution in [0.15, 0.2) is 18.2 Å². The number of aryl methyl sites for hydroxylation is 2. The van der Waals surface area contributed by atoms with Gasteiger partial charge >= 0.3 is 0 Å². The normalized spacial score (nSPS) is 21.7. The van der Waals surface area contributed by atoms with Crippen molar-refractivity contribution >= 4 is 15.9 Å². The Morgan fingerprint density at radius 2 is 2.24 bits per heavy atom. The predicted octanol–water partition coefficient (Wildman–Crippen LogP) is 2.90. The third kappa shape index (κ3) is 3.54. The van der Waals surface area contributed by atoms with E-state index in [1.54, 1.807) is 0 Å². The number of halogens is 1. The molecule has 1 aliphatic heterocycles. The third-order valence-electron chi connectivity index (χ3n) is 3.29. The van der Waals surface area contributed by atoms with Crippen LogP contribution in [0.4, 0.5) is 0 Å². The van der Waals surface area contributed by atoms with E-state index in [0.717, 1.165) is 31.6 Å². The van der Waals surface area contributed by atoms with Crippen LogP contribution >= 0.6 is 15.9 Å². The summed E-state index contributed by atoms with van der Waals surface area (Å²) >= 11 is 3.50. The molecule has 0 radical (unpaired) electrons. The van der Waals surface area contributed by atoms with Crippen molar-refractivity contribution < 1.29 is 4.74 Å². The molecule has 1 heterocycles. The van der Waals surface area contributed by atoms with Crippen LogP contribution in [0.5, 0.6) is 0 Å². The van der Waals surface area contributed by atoms with Gasteiger partial charge in [-0.3, -0.25) is 4.90 Å². The van der Waals surface area contributed by atoms with E-state index < -0.39 is 0 Å². The van der Waals surface area contributed by atoms with Crippen molar-refractivity contribution in [3.63, 3.8) is 0 Å². The molecule has 0 amide bonds. The molecule has 2 rings (SSSR count). The molecule has 1 atom stereocenters. The molecule has 1 aromatic rings. The van der Waals surface area contributed by atoms with Crippen LogP contribution in [0.3, 0.4) is 0 Å². The van der Waals surface area contributed by atoms with Gasteiger partial charge in [-0.25, -0.2) is 0 Å². The van der Waals surface area contributed by atoms with Crippen molar-refractivity contribution in [2.24, 2.45) is 0 Å². The summed E-state index contributed by atoms with van der Waals surface area (Å²) < 4.78 is 5.66. The summed E-state index contributed by atoms with van der Waals surface area (Å²) in [6.45, 7) is 8.30. The second-order valence-electron chi connectivity index (χ2n) is 4.81. The zero-order valence-electron chi connectivity index (χ0n) is 10.6. The molecule has 0 spiro atoms. The van der Waals surface area contributed by atoms with E-state index in [2.05, 4.69) is 52.9 Å². The quantitative estimate of drug-likeness (QED) is 0.796. The first-order chi connectivity index (χ1) is 8.19. The number of hydrogen-bond donors (Lipinski definition) is 0. The first kappa shape index (κ1) is 13.1. The fraction of sp³-hybridized carbons (Fsp3) is 0.571. The maximum Gasteiger partial charge on any atom is 0.0799 e. The molecule has 0 N–H and O–H groups in total. The highest BCUT2D eigenvalue weighted by Gasteiger charge is 2.19. The Bertz CT molecular complexity index is 380. The summed E-state index contributed by atoms with van der Waals surface area (Å²) in [7, 11) is 0. The Morgan fingerprint density at radius 1 is 1.41 bits per heavy atom. The Balaban J connectivity index is 2.02. The van der Waals surface area contributed by atoms with Gasteiger partial charge in [0.25, 0.3) is 0 Å². The van der Waals surface area contributed by atoms with Gasteiger partial charge in [0.1, 0.15) is 0 Å². The van der Waals surface area contributed by atoms with Gasteiger partial charge in [-0.05, 0) is 25.0 Å². The third-order valence-corrected chi connectivity index (χ3v) is 4.02. The number of rotatable bonds is 3. The van der Waals surface area contributed by atoms with E-state index in [0.29, 0.717) is 6.10 Å². The number of nitrogens with zero attached hydrogens (tertiary/aromatic N) is 1. The summed E-state index contributed by atoms with van der Waals surface area (Å²) in [5.41, 5.74) is 4.17. The summed E-state index contributed by atoms with van der Waals surface area (Å²) in [4.78, 5) is 2.48. The number of morpholine rings is 1. The average Bonchev–Trinajstić information content (AvgIpc) is 2.34. The molecule has 0 aliphatic carbocycles. The maximum absolute atomic E-state index is 5.66. The first-order valence-electron chi connectivity index (χ1n) is 6.15. The average molecular weight is 298 g/mol. The lowest BCUT2D eigenvalue weighted by atomic mass is 10.0. The van der Waals surface area contributed by atoms with E-state index in [9.17, 15) is 0 Å². The van der Waals surface area contributed by atoms with Crippen molar-refractivity contribution in [1.82, 2.24) is 4.90 Å². The lowest BCUT2D eigenvalue weighted by Gasteiger charge is -2.32. The Labute approximate surface area is 112 Å². The number of hydrogen-bond acceptors (Lipinski definition) is 2. The van der Waals surface area contributed by atoms with Crippen molar-refractivity contribution in [3.05, 3.63) is 34.9 Å². The van der Waals surface area contributed by atoms with Crippen molar-refractivity contribution in [1.29, 1.82) is 0 Å². The van der Waals surface area contributed by atoms with Crippen LogP contribution in [0.2, 0.25) is 0 Å².